The van der Waals surface area contributed by atoms with Gasteiger partial charge in [-0.1, -0.05) is 12.1 Å². The summed E-state index contributed by atoms with van der Waals surface area (Å²) in [7, 11) is 0. The minimum atomic E-state index is -0.372. The molecule has 1 aromatic carbocycles. The molecule has 0 spiro atoms. The lowest BCUT2D eigenvalue weighted by Crippen LogP contribution is -2.45. The van der Waals surface area contributed by atoms with Gasteiger partial charge >= 0.3 is 0 Å². The second kappa shape index (κ2) is 12.1. The Morgan fingerprint density at radius 1 is 1.41 bits per heavy atom. The molecule has 2 rings (SSSR count). The van der Waals surface area contributed by atoms with Crippen LogP contribution < -0.4 is 26.4 Å². The van der Waals surface area contributed by atoms with Gasteiger partial charge in [0, 0.05) is 50.4 Å². The van der Waals surface area contributed by atoms with Gasteiger partial charge in [0.2, 0.25) is 5.91 Å². The SMILES string of the molecule is C=N/C=C\N=C(\N)CC(=O)N/C(C=N)=C/NCc1cccc(OCC2CNC2)c1. The standard InChI is InChI=1S/C20H27N7O2/c1-23-5-6-26-19(22)8-20(28)27-17(9-21)13-25-10-15-3-2-4-18(7-15)29-14-16-11-24-12-16/h2-7,9,13,16,21,24-25H,1,8,10-12,14H2,(H2,22,26)(H,27,28)/b6-5-,17-13+,21-9?. The van der Waals surface area contributed by atoms with Crippen molar-refractivity contribution >= 4 is 24.7 Å². The quantitative estimate of drug-likeness (QED) is 0.264. The van der Waals surface area contributed by atoms with E-state index in [4.69, 9.17) is 15.9 Å². The Balaban J connectivity index is 1.80. The van der Waals surface area contributed by atoms with Crippen LogP contribution in [0.25, 0.3) is 0 Å². The maximum absolute atomic E-state index is 12.0. The Kier molecular flexibility index (Phi) is 9.10. The number of amidine groups is 1. The number of hydrogen-bond acceptors (Lipinski definition) is 7. The molecule has 1 aromatic rings. The zero-order chi connectivity index (χ0) is 20.9. The summed E-state index contributed by atoms with van der Waals surface area (Å²) in [5.41, 5.74) is 6.99. The largest absolute Gasteiger partial charge is 0.493 e. The molecule has 9 heteroatoms. The summed E-state index contributed by atoms with van der Waals surface area (Å²) in [6.07, 6.45) is 5.23. The molecule has 0 aromatic heterocycles. The summed E-state index contributed by atoms with van der Waals surface area (Å²) in [5.74, 6) is 1.17. The number of nitrogens with two attached hydrogens (primary N) is 1. The van der Waals surface area contributed by atoms with Crippen LogP contribution >= 0.6 is 0 Å². The molecule has 154 valence electrons. The number of hydrogen-bond donors (Lipinski definition) is 5. The van der Waals surface area contributed by atoms with Crippen molar-refractivity contribution in [3.63, 3.8) is 0 Å². The Labute approximate surface area is 170 Å². The fraction of sp³-hybridized carbons (Fsp3) is 0.300. The predicted octanol–water partition coefficient (Wildman–Crippen LogP) is 0.901. The van der Waals surface area contributed by atoms with E-state index in [-0.39, 0.29) is 18.2 Å². The summed E-state index contributed by atoms with van der Waals surface area (Å²) >= 11 is 0. The number of carbonyl (C=O) groups excluding carboxylic acids is 1. The number of carbonyl (C=O) groups is 1. The van der Waals surface area contributed by atoms with Crippen LogP contribution in [0.4, 0.5) is 0 Å². The van der Waals surface area contributed by atoms with Crippen LogP contribution in [0.5, 0.6) is 5.75 Å². The summed E-state index contributed by atoms with van der Waals surface area (Å²) < 4.78 is 5.81. The average molecular weight is 397 g/mol. The van der Waals surface area contributed by atoms with E-state index >= 15 is 0 Å². The fourth-order valence-electron chi connectivity index (χ4n) is 2.41. The van der Waals surface area contributed by atoms with Crippen molar-refractivity contribution in [2.75, 3.05) is 19.7 Å². The van der Waals surface area contributed by atoms with Crippen LogP contribution in [0.2, 0.25) is 0 Å². The highest BCUT2D eigenvalue weighted by Crippen LogP contribution is 2.15. The van der Waals surface area contributed by atoms with Crippen molar-refractivity contribution in [3.8, 4) is 5.75 Å². The summed E-state index contributed by atoms with van der Waals surface area (Å²) in [5, 5.41) is 16.3. The third-order valence-electron chi connectivity index (χ3n) is 4.01. The maximum Gasteiger partial charge on any atom is 0.232 e. The van der Waals surface area contributed by atoms with Crippen LogP contribution in [0.3, 0.4) is 0 Å². The first-order valence-electron chi connectivity index (χ1n) is 9.20. The zero-order valence-corrected chi connectivity index (χ0v) is 16.2. The molecule has 29 heavy (non-hydrogen) atoms. The molecule has 6 N–H and O–H groups in total. The molecule has 0 unspecified atom stereocenters. The summed E-state index contributed by atoms with van der Waals surface area (Å²) in [4.78, 5) is 19.3. The third kappa shape index (κ3) is 8.39. The zero-order valence-electron chi connectivity index (χ0n) is 16.2. The van der Waals surface area contributed by atoms with Crippen LogP contribution in [0, 0.1) is 11.3 Å². The molecule has 1 fully saturated rings. The molecule has 1 saturated heterocycles. The van der Waals surface area contributed by atoms with E-state index in [1.54, 1.807) is 6.20 Å². The molecule has 1 aliphatic heterocycles. The first-order valence-corrected chi connectivity index (χ1v) is 9.20. The Bertz CT molecular complexity index is 798. The van der Waals surface area contributed by atoms with Gasteiger partial charge in [0.25, 0.3) is 0 Å². The highest BCUT2D eigenvalue weighted by molar-refractivity contribution is 6.01. The van der Waals surface area contributed by atoms with Gasteiger partial charge in [0.15, 0.2) is 0 Å². The highest BCUT2D eigenvalue weighted by Gasteiger charge is 2.17. The lowest BCUT2D eigenvalue weighted by Gasteiger charge is -2.26. The monoisotopic (exact) mass is 397 g/mol. The van der Waals surface area contributed by atoms with Gasteiger partial charge in [-0.15, -0.1) is 0 Å². The van der Waals surface area contributed by atoms with E-state index < -0.39 is 0 Å². The second-order valence-electron chi connectivity index (χ2n) is 6.43. The van der Waals surface area contributed by atoms with Crippen LogP contribution in [-0.2, 0) is 11.3 Å². The van der Waals surface area contributed by atoms with E-state index in [2.05, 4.69) is 32.7 Å². The summed E-state index contributed by atoms with van der Waals surface area (Å²) in [6, 6.07) is 7.82. The minimum absolute atomic E-state index is 0.0947. The van der Waals surface area contributed by atoms with Gasteiger partial charge in [-0.3, -0.25) is 9.79 Å². The van der Waals surface area contributed by atoms with Crippen LogP contribution in [0.1, 0.15) is 12.0 Å². The number of nitrogens with one attached hydrogen (secondary N) is 4. The lowest BCUT2D eigenvalue weighted by atomic mass is 10.1. The van der Waals surface area contributed by atoms with Gasteiger partial charge in [-0.2, -0.15) is 0 Å². The number of ether oxygens (including phenoxy) is 1. The van der Waals surface area contributed by atoms with Gasteiger partial charge < -0.3 is 31.8 Å². The molecule has 0 radical (unpaired) electrons. The van der Waals surface area contributed by atoms with Crippen molar-refractivity contribution in [1.29, 1.82) is 5.41 Å². The number of benzene rings is 1. The Hall–Kier alpha value is -3.46. The van der Waals surface area contributed by atoms with E-state index in [1.165, 1.54) is 12.4 Å². The van der Waals surface area contributed by atoms with Crippen molar-refractivity contribution in [2.45, 2.75) is 13.0 Å². The number of nitrogens with zero attached hydrogens (tertiary/aromatic N) is 2. The lowest BCUT2D eigenvalue weighted by molar-refractivity contribution is -0.119. The maximum atomic E-state index is 12.0. The molecule has 1 aliphatic rings. The van der Waals surface area contributed by atoms with Crippen molar-refractivity contribution < 1.29 is 9.53 Å². The third-order valence-corrected chi connectivity index (χ3v) is 4.01. The van der Waals surface area contributed by atoms with Gasteiger partial charge in [-0.05, 0) is 24.4 Å². The first-order chi connectivity index (χ1) is 14.1. The topological polar surface area (TPSA) is 137 Å². The predicted molar refractivity (Wildman–Crippen MR) is 115 cm³/mol. The molecule has 1 heterocycles. The van der Waals surface area contributed by atoms with E-state index in [0.29, 0.717) is 24.8 Å². The van der Waals surface area contributed by atoms with Crippen LogP contribution in [-0.4, -0.2) is 44.4 Å². The van der Waals surface area contributed by atoms with Gasteiger partial charge in [0.1, 0.15) is 11.6 Å². The minimum Gasteiger partial charge on any atom is -0.493 e. The molecular formula is C20H27N7O2. The van der Waals surface area contributed by atoms with Gasteiger partial charge in [0.05, 0.1) is 18.7 Å². The molecule has 0 aliphatic carbocycles. The molecule has 0 atom stereocenters. The smallest absolute Gasteiger partial charge is 0.232 e. The molecule has 0 saturated carbocycles. The normalized spacial score (nSPS) is 14.9. The Morgan fingerprint density at radius 2 is 2.24 bits per heavy atom. The van der Waals surface area contributed by atoms with E-state index in [1.807, 2.05) is 24.3 Å². The average Bonchev–Trinajstić information content (AvgIpc) is 2.66. The van der Waals surface area contributed by atoms with Crippen molar-refractivity contribution in [3.05, 3.63) is 54.1 Å². The van der Waals surface area contributed by atoms with Crippen LogP contribution in [0.15, 0.2) is 58.5 Å². The first kappa shape index (κ1) is 21.8. The van der Waals surface area contributed by atoms with Crippen molar-refractivity contribution in [2.24, 2.45) is 21.6 Å². The molecular weight excluding hydrogens is 370 g/mol. The molecule has 9 nitrogen and oxygen atoms in total. The molecule has 1 amide bonds. The van der Waals surface area contributed by atoms with E-state index in [9.17, 15) is 4.79 Å². The number of amides is 1. The fourth-order valence-corrected chi connectivity index (χ4v) is 2.41. The molecule has 0 bridgehead atoms. The Morgan fingerprint density at radius 3 is 2.93 bits per heavy atom. The van der Waals surface area contributed by atoms with Gasteiger partial charge in [-0.25, -0.2) is 4.99 Å². The highest BCUT2D eigenvalue weighted by atomic mass is 16.5. The summed E-state index contributed by atoms with van der Waals surface area (Å²) in [6.45, 7) is 6.51. The van der Waals surface area contributed by atoms with Crippen molar-refractivity contribution in [1.82, 2.24) is 16.0 Å². The number of rotatable bonds is 12. The number of aliphatic imine (C=N–C) groups is 2. The van der Waals surface area contributed by atoms with E-state index in [0.717, 1.165) is 30.6 Å². The second-order valence-corrected chi connectivity index (χ2v) is 6.43. The number of allylic oxidation sites excluding steroid dienone is 1.